The average Bonchev–Trinajstić information content (AvgIpc) is 3.42. The highest BCUT2D eigenvalue weighted by Crippen LogP contribution is 2.22. The van der Waals surface area contributed by atoms with Crippen LogP contribution in [0.25, 0.3) is 10.2 Å². The molecule has 1 N–H and O–H groups in total. The Bertz CT molecular complexity index is 1170. The smallest absolute Gasteiger partial charge is 0.408 e. The number of benzene rings is 2. The van der Waals surface area contributed by atoms with Gasteiger partial charge in [0.2, 0.25) is 0 Å². The van der Waals surface area contributed by atoms with Crippen LogP contribution in [0.3, 0.4) is 0 Å². The predicted molar refractivity (Wildman–Crippen MR) is 119 cm³/mol. The summed E-state index contributed by atoms with van der Waals surface area (Å²) in [5.41, 5.74) is 1.81. The minimum Gasteiger partial charge on any atom is -0.445 e. The summed E-state index contributed by atoms with van der Waals surface area (Å²) < 4.78 is 6.30. The van der Waals surface area contributed by atoms with E-state index < -0.39 is 12.1 Å². The second-order valence-corrected chi connectivity index (χ2v) is 8.24. The van der Waals surface area contributed by atoms with Crippen molar-refractivity contribution in [3.63, 3.8) is 0 Å². The first-order valence-electron chi connectivity index (χ1n) is 10.2. The number of hydrogen-bond acceptors (Lipinski definition) is 8. The number of rotatable bonds is 9. The molecule has 2 aromatic carbocycles. The minimum absolute atomic E-state index is 0.0929. The molecular weight excluding hydrogens is 428 g/mol. The summed E-state index contributed by atoms with van der Waals surface area (Å²) in [6.07, 6.45) is 0.221. The van der Waals surface area contributed by atoms with E-state index in [1.54, 1.807) is 11.3 Å². The largest absolute Gasteiger partial charge is 0.445 e. The highest BCUT2D eigenvalue weighted by Gasteiger charge is 2.21. The van der Waals surface area contributed by atoms with Gasteiger partial charge in [-0.25, -0.2) is 9.78 Å². The van der Waals surface area contributed by atoms with Gasteiger partial charge in [-0.15, -0.1) is 21.5 Å². The van der Waals surface area contributed by atoms with Crippen molar-refractivity contribution in [1.29, 1.82) is 0 Å². The van der Waals surface area contributed by atoms with E-state index in [1.165, 1.54) is 4.80 Å². The number of aromatic nitrogens is 5. The van der Waals surface area contributed by atoms with Gasteiger partial charge in [0.1, 0.15) is 18.2 Å². The maximum absolute atomic E-state index is 12.6. The molecule has 1 atom stereocenters. The molecule has 0 aliphatic heterocycles. The van der Waals surface area contributed by atoms with Gasteiger partial charge in [-0.05, 0) is 29.3 Å². The first-order valence-corrected chi connectivity index (χ1v) is 11.0. The molecule has 0 saturated heterocycles. The van der Waals surface area contributed by atoms with E-state index >= 15 is 0 Å². The number of amides is 1. The van der Waals surface area contributed by atoms with E-state index in [2.05, 4.69) is 25.7 Å². The van der Waals surface area contributed by atoms with Crippen molar-refractivity contribution in [2.75, 3.05) is 0 Å². The maximum atomic E-state index is 12.6. The van der Waals surface area contributed by atoms with Gasteiger partial charge in [0, 0.05) is 0 Å². The zero-order chi connectivity index (χ0) is 22.3. The van der Waals surface area contributed by atoms with Crippen LogP contribution in [-0.2, 0) is 29.1 Å². The molecule has 2 heterocycles. The predicted octanol–water partition coefficient (Wildman–Crippen LogP) is 3.15. The molecule has 4 aromatic rings. The maximum Gasteiger partial charge on any atom is 0.408 e. The lowest BCUT2D eigenvalue weighted by atomic mass is 10.1. The van der Waals surface area contributed by atoms with Gasteiger partial charge in [-0.2, -0.15) is 4.80 Å². The molecule has 164 valence electrons. The number of alkyl carbamates (subject to hydrolysis) is 1. The summed E-state index contributed by atoms with van der Waals surface area (Å²) in [6.45, 7) is 1.86. The number of fused-ring (bicyclic) bond motifs is 1. The Morgan fingerprint density at radius 3 is 2.69 bits per heavy atom. The Balaban J connectivity index is 1.30. The van der Waals surface area contributed by atoms with Crippen molar-refractivity contribution in [1.82, 2.24) is 30.5 Å². The number of ether oxygens (including phenoxy) is 1. The molecule has 0 radical (unpaired) electrons. The third kappa shape index (κ3) is 5.52. The van der Waals surface area contributed by atoms with Gasteiger partial charge in [-0.3, -0.25) is 4.79 Å². The number of nitrogens with zero attached hydrogens (tertiary/aromatic N) is 5. The molecule has 2 aromatic heterocycles. The SMILES string of the molecule is CCC(NC(=O)OCc1ccccc1)C(=O)Cn1nnc(Cc2nc3ccccc3s2)n1. The Labute approximate surface area is 188 Å². The molecule has 0 aliphatic carbocycles. The number of Topliss-reactive ketones (excluding diaryl/α,β-unsaturated/α-hetero) is 1. The fourth-order valence-corrected chi connectivity index (χ4v) is 4.08. The van der Waals surface area contributed by atoms with Crippen LogP contribution in [0, 0.1) is 0 Å². The topological polar surface area (TPSA) is 112 Å². The van der Waals surface area contributed by atoms with Crippen molar-refractivity contribution in [2.24, 2.45) is 0 Å². The van der Waals surface area contributed by atoms with Crippen LogP contribution >= 0.6 is 11.3 Å². The lowest BCUT2D eigenvalue weighted by molar-refractivity contribution is -0.122. The van der Waals surface area contributed by atoms with Gasteiger partial charge in [0.05, 0.1) is 22.7 Å². The van der Waals surface area contributed by atoms with E-state index in [1.807, 2.05) is 61.5 Å². The number of para-hydroxylation sites is 1. The summed E-state index contributed by atoms with van der Waals surface area (Å²) >= 11 is 1.58. The Kier molecular flexibility index (Phi) is 6.81. The van der Waals surface area contributed by atoms with Crippen LogP contribution in [-0.4, -0.2) is 43.1 Å². The lowest BCUT2D eigenvalue weighted by Gasteiger charge is -2.15. The molecule has 1 unspecified atom stereocenters. The van der Waals surface area contributed by atoms with Crippen molar-refractivity contribution < 1.29 is 14.3 Å². The second kappa shape index (κ2) is 10.1. The average molecular weight is 451 g/mol. The monoisotopic (exact) mass is 450 g/mol. The number of carbonyl (C=O) groups is 2. The van der Waals surface area contributed by atoms with Crippen molar-refractivity contribution >= 4 is 33.4 Å². The summed E-state index contributed by atoms with van der Waals surface area (Å²) in [5.74, 6) is 0.258. The fraction of sp³-hybridized carbons (Fsp3) is 0.273. The summed E-state index contributed by atoms with van der Waals surface area (Å²) in [6, 6.07) is 16.5. The molecule has 0 bridgehead atoms. The molecule has 9 nitrogen and oxygen atoms in total. The lowest BCUT2D eigenvalue weighted by Crippen LogP contribution is -2.42. The van der Waals surface area contributed by atoms with Crippen LogP contribution in [0.4, 0.5) is 4.79 Å². The standard InChI is InChI=1S/C22H22N6O3S/c1-2-16(24-22(30)31-14-15-8-4-3-5-9-15)18(29)13-28-26-20(25-27-28)12-21-23-17-10-6-7-11-19(17)32-21/h3-11,16H,2,12-14H2,1H3,(H,24,30). The van der Waals surface area contributed by atoms with Gasteiger partial charge >= 0.3 is 6.09 Å². The van der Waals surface area contributed by atoms with Crippen molar-refractivity contribution in [3.05, 3.63) is 71.0 Å². The van der Waals surface area contributed by atoms with Crippen molar-refractivity contribution in [2.45, 2.75) is 39.0 Å². The van der Waals surface area contributed by atoms with Crippen LogP contribution in [0.15, 0.2) is 54.6 Å². The van der Waals surface area contributed by atoms with Gasteiger partial charge < -0.3 is 10.1 Å². The van der Waals surface area contributed by atoms with E-state index in [9.17, 15) is 9.59 Å². The van der Waals surface area contributed by atoms with Crippen molar-refractivity contribution in [3.8, 4) is 0 Å². The van der Waals surface area contributed by atoms with E-state index in [0.29, 0.717) is 18.7 Å². The summed E-state index contributed by atoms with van der Waals surface area (Å²) in [4.78, 5) is 30.5. The first kappa shape index (κ1) is 21.6. The Morgan fingerprint density at radius 1 is 1.12 bits per heavy atom. The van der Waals surface area contributed by atoms with E-state index in [4.69, 9.17) is 4.74 Å². The van der Waals surface area contributed by atoms with Crippen LogP contribution in [0.5, 0.6) is 0 Å². The summed E-state index contributed by atoms with van der Waals surface area (Å²) in [7, 11) is 0. The first-order chi connectivity index (χ1) is 15.6. The zero-order valence-corrected chi connectivity index (χ0v) is 18.3. The van der Waals surface area contributed by atoms with Gasteiger partial charge in [-0.1, -0.05) is 49.4 Å². The van der Waals surface area contributed by atoms with E-state index in [-0.39, 0.29) is 18.9 Å². The Hall–Kier alpha value is -3.66. The number of ketones is 1. The number of thiazole rings is 1. The molecule has 4 rings (SSSR count). The molecule has 0 fully saturated rings. The molecule has 32 heavy (non-hydrogen) atoms. The molecular formula is C22H22N6O3S. The highest BCUT2D eigenvalue weighted by molar-refractivity contribution is 7.18. The molecule has 0 aliphatic rings. The third-order valence-electron chi connectivity index (χ3n) is 4.74. The number of hydrogen-bond donors (Lipinski definition) is 1. The number of tetrazole rings is 1. The van der Waals surface area contributed by atoms with E-state index in [0.717, 1.165) is 20.8 Å². The quantitative estimate of drug-likeness (QED) is 0.417. The van der Waals surface area contributed by atoms with Crippen LogP contribution in [0.1, 0.15) is 29.7 Å². The molecule has 1 amide bonds. The van der Waals surface area contributed by atoms with Gasteiger partial charge in [0.25, 0.3) is 0 Å². The molecule has 0 spiro atoms. The minimum atomic E-state index is -0.697. The summed E-state index contributed by atoms with van der Waals surface area (Å²) in [5, 5.41) is 15.8. The Morgan fingerprint density at radius 2 is 1.91 bits per heavy atom. The molecule has 10 heteroatoms. The van der Waals surface area contributed by atoms with Crippen LogP contribution in [0.2, 0.25) is 0 Å². The zero-order valence-electron chi connectivity index (χ0n) is 17.5. The fourth-order valence-electron chi connectivity index (χ4n) is 3.11. The van der Waals surface area contributed by atoms with Crippen LogP contribution < -0.4 is 5.32 Å². The normalized spacial score (nSPS) is 11.9. The molecule has 0 saturated carbocycles. The van der Waals surface area contributed by atoms with Gasteiger partial charge in [0.15, 0.2) is 11.6 Å². The third-order valence-corrected chi connectivity index (χ3v) is 5.78. The number of nitrogens with one attached hydrogen (secondary N) is 1. The number of carbonyl (C=O) groups excluding carboxylic acids is 2. The highest BCUT2D eigenvalue weighted by atomic mass is 32.1. The second-order valence-electron chi connectivity index (χ2n) is 7.12.